The maximum Gasteiger partial charge on any atom is 0.144 e. The highest BCUT2D eigenvalue weighted by Gasteiger charge is 2.61. The van der Waals surface area contributed by atoms with Gasteiger partial charge in [-0.25, -0.2) is 4.98 Å². The molecule has 5 heteroatoms. The molecule has 4 saturated carbocycles. The number of aromatic amines is 1. The molecule has 4 aliphatic carbocycles. The van der Waals surface area contributed by atoms with Gasteiger partial charge in [-0.15, -0.1) is 0 Å². The maximum absolute atomic E-state index is 13.3. The molecule has 1 heterocycles. The van der Waals surface area contributed by atoms with E-state index in [1.54, 1.807) is 6.20 Å². The topological polar surface area (TPSA) is 66.0 Å². The van der Waals surface area contributed by atoms with E-state index in [0.717, 1.165) is 49.1 Å². The number of aliphatic hydroxyl groups is 1. The number of nitrogens with one attached hydrogen (secondary N) is 1. The van der Waals surface area contributed by atoms with E-state index in [2.05, 4.69) is 30.1 Å². The van der Waals surface area contributed by atoms with Gasteiger partial charge in [0.2, 0.25) is 0 Å². The number of rotatable bonds is 6. The molecule has 8 atom stereocenters. The minimum Gasteiger partial charge on any atom is -0.390 e. The van der Waals surface area contributed by atoms with Crippen molar-refractivity contribution in [2.75, 3.05) is 12.0 Å². The third-order valence-corrected chi connectivity index (χ3v) is 11.5. The lowest BCUT2D eigenvalue weighted by Crippen LogP contribution is -2.56. The van der Waals surface area contributed by atoms with E-state index < -0.39 is 5.60 Å². The van der Waals surface area contributed by atoms with Crippen molar-refractivity contribution in [3.8, 4) is 0 Å². The first kappa shape index (κ1) is 23.0. The first-order valence-corrected chi connectivity index (χ1v) is 14.4. The van der Waals surface area contributed by atoms with Gasteiger partial charge < -0.3 is 10.1 Å². The van der Waals surface area contributed by atoms with Crippen molar-refractivity contribution in [3.63, 3.8) is 0 Å². The van der Waals surface area contributed by atoms with Crippen molar-refractivity contribution in [2.45, 2.75) is 90.1 Å². The second-order valence-corrected chi connectivity index (χ2v) is 13.2. The number of nitrogens with zero attached hydrogens (tertiary/aromatic N) is 1. The molecule has 5 rings (SSSR count). The summed E-state index contributed by atoms with van der Waals surface area (Å²) in [6.45, 7) is 5.02. The Hall–Kier alpha value is -0.810. The van der Waals surface area contributed by atoms with Crippen LogP contribution in [0, 0.1) is 40.4 Å². The minimum absolute atomic E-state index is 0.168. The van der Waals surface area contributed by atoms with Crippen LogP contribution in [-0.4, -0.2) is 38.5 Å². The molecule has 4 nitrogen and oxygen atoms in total. The summed E-state index contributed by atoms with van der Waals surface area (Å²) in [5.74, 6) is 5.41. The lowest BCUT2D eigenvalue weighted by Gasteiger charge is -2.62. The van der Waals surface area contributed by atoms with Crippen LogP contribution >= 0.6 is 11.8 Å². The van der Waals surface area contributed by atoms with E-state index in [1.807, 2.05) is 18.0 Å². The number of H-pyrrole nitrogens is 1. The molecule has 4 fully saturated rings. The van der Waals surface area contributed by atoms with Crippen molar-refractivity contribution in [1.29, 1.82) is 0 Å². The summed E-state index contributed by atoms with van der Waals surface area (Å²) in [6.07, 6.45) is 17.7. The fourth-order valence-electron chi connectivity index (χ4n) is 9.05. The summed E-state index contributed by atoms with van der Waals surface area (Å²) >= 11 is 1.86. The zero-order chi connectivity index (χ0) is 22.6. The van der Waals surface area contributed by atoms with E-state index >= 15 is 0 Å². The van der Waals surface area contributed by atoms with Gasteiger partial charge in [-0.2, -0.15) is 11.8 Å². The Morgan fingerprint density at radius 1 is 1.12 bits per heavy atom. The molecule has 0 radical (unpaired) electrons. The molecule has 0 aliphatic heterocycles. The predicted octanol–water partition coefficient (Wildman–Crippen LogP) is 5.66. The van der Waals surface area contributed by atoms with Crippen molar-refractivity contribution in [2.24, 2.45) is 40.4 Å². The molecule has 4 aliphatic rings. The zero-order valence-electron chi connectivity index (χ0n) is 20.2. The molecular weight excluding hydrogens is 416 g/mol. The molecule has 0 spiro atoms. The van der Waals surface area contributed by atoms with Gasteiger partial charge in [-0.1, -0.05) is 13.8 Å². The van der Waals surface area contributed by atoms with Crippen LogP contribution in [0.15, 0.2) is 12.4 Å². The average Bonchev–Trinajstić information content (AvgIpc) is 3.40. The van der Waals surface area contributed by atoms with Crippen molar-refractivity contribution >= 4 is 17.5 Å². The second kappa shape index (κ2) is 8.45. The Labute approximate surface area is 198 Å². The highest BCUT2D eigenvalue weighted by Crippen LogP contribution is 2.68. The van der Waals surface area contributed by atoms with Crippen molar-refractivity contribution < 1.29 is 9.90 Å². The lowest BCUT2D eigenvalue weighted by molar-refractivity contribution is -0.154. The summed E-state index contributed by atoms with van der Waals surface area (Å²) in [5, 5.41) is 11.3. The van der Waals surface area contributed by atoms with Gasteiger partial charge in [0.1, 0.15) is 11.6 Å². The van der Waals surface area contributed by atoms with Gasteiger partial charge in [0.05, 0.1) is 12.0 Å². The highest BCUT2D eigenvalue weighted by atomic mass is 32.2. The van der Waals surface area contributed by atoms with Crippen LogP contribution in [0.25, 0.3) is 0 Å². The highest BCUT2D eigenvalue weighted by molar-refractivity contribution is 7.98. The molecule has 1 aromatic heterocycles. The van der Waals surface area contributed by atoms with Gasteiger partial charge in [0.25, 0.3) is 0 Å². The Balaban J connectivity index is 1.31. The number of carbonyl (C=O) groups is 1. The predicted molar refractivity (Wildman–Crippen MR) is 130 cm³/mol. The van der Waals surface area contributed by atoms with Crippen LogP contribution in [0.1, 0.15) is 83.9 Å². The quantitative estimate of drug-likeness (QED) is 0.577. The number of Topliss-reactive ketones (excluding diaryl/α,β-unsaturated/α-hetero) is 1. The van der Waals surface area contributed by atoms with Gasteiger partial charge in [-0.05, 0) is 111 Å². The van der Waals surface area contributed by atoms with E-state index in [1.165, 1.54) is 38.5 Å². The maximum atomic E-state index is 13.3. The number of fused-ring (bicyclic) bond motifs is 5. The fraction of sp³-hybridized carbons (Fsp3) is 0.852. The lowest BCUT2D eigenvalue weighted by atomic mass is 9.43. The van der Waals surface area contributed by atoms with Crippen LogP contribution < -0.4 is 0 Å². The number of aromatic nitrogens is 2. The molecule has 2 N–H and O–H groups in total. The number of carbonyl (C=O) groups excluding carboxylic acids is 1. The van der Waals surface area contributed by atoms with E-state index in [4.69, 9.17) is 0 Å². The van der Waals surface area contributed by atoms with Gasteiger partial charge in [0, 0.05) is 18.3 Å². The molecule has 0 unspecified atom stereocenters. The van der Waals surface area contributed by atoms with Gasteiger partial charge >= 0.3 is 0 Å². The van der Waals surface area contributed by atoms with Crippen molar-refractivity contribution in [1.82, 2.24) is 9.97 Å². The number of hydrogen-bond acceptors (Lipinski definition) is 4. The van der Waals surface area contributed by atoms with Crippen LogP contribution in [0.2, 0.25) is 0 Å². The number of thioether (sulfide) groups is 1. The summed E-state index contributed by atoms with van der Waals surface area (Å²) in [5.41, 5.74) is 0.119. The third kappa shape index (κ3) is 3.70. The zero-order valence-corrected chi connectivity index (χ0v) is 21.1. The summed E-state index contributed by atoms with van der Waals surface area (Å²) < 4.78 is 0. The summed E-state index contributed by atoms with van der Waals surface area (Å²) in [6, 6.07) is 0. The molecule has 0 bridgehead atoms. The first-order chi connectivity index (χ1) is 15.3. The van der Waals surface area contributed by atoms with E-state index in [-0.39, 0.29) is 11.3 Å². The average molecular weight is 459 g/mol. The monoisotopic (exact) mass is 458 g/mol. The van der Waals surface area contributed by atoms with E-state index in [0.29, 0.717) is 29.5 Å². The Bertz CT molecular complexity index is 828. The molecule has 0 saturated heterocycles. The molecule has 178 valence electrons. The molecule has 32 heavy (non-hydrogen) atoms. The summed E-state index contributed by atoms with van der Waals surface area (Å²) in [4.78, 5) is 20.7. The molecule has 1 aromatic rings. The normalized spacial score (nSPS) is 45.7. The second-order valence-electron chi connectivity index (χ2n) is 12.2. The Morgan fingerprint density at radius 3 is 2.69 bits per heavy atom. The van der Waals surface area contributed by atoms with Crippen LogP contribution in [0.3, 0.4) is 0 Å². The largest absolute Gasteiger partial charge is 0.390 e. The number of imidazole rings is 1. The van der Waals surface area contributed by atoms with Crippen LogP contribution in [0.4, 0.5) is 0 Å². The SMILES string of the molecule is CSCC[C@@]1(O)CC[C@@]2(C)[C@@H](CC[C@H]3[C@H]4CC[C@H](C(=O)Cc5ncc[nH]5)[C@@]4(C)CC[C@@H]32)C1. The molecule has 0 aromatic carbocycles. The Kier molecular flexibility index (Phi) is 6.06. The van der Waals surface area contributed by atoms with E-state index in [9.17, 15) is 9.90 Å². The first-order valence-electron chi connectivity index (χ1n) is 13.0. The fourth-order valence-corrected chi connectivity index (χ4v) is 9.64. The standard InChI is InChI=1S/C27H42N2O2S/c1-25-10-11-27(31,12-15-32-3)17-18(25)4-5-19-20-6-7-22(26(20,2)9-8-21(19)25)23(30)16-24-28-13-14-29-24/h13-14,18-22,31H,4-12,15-17H2,1-3H3,(H,28,29)/t18-,19-,20+,21-,22+,25-,26-,27-/m0/s1. The van der Waals surface area contributed by atoms with Crippen LogP contribution in [-0.2, 0) is 11.2 Å². The molecular formula is C27H42N2O2S. The van der Waals surface area contributed by atoms with Crippen LogP contribution in [0.5, 0.6) is 0 Å². The van der Waals surface area contributed by atoms with Gasteiger partial charge in [0.15, 0.2) is 0 Å². The van der Waals surface area contributed by atoms with Crippen molar-refractivity contribution in [3.05, 3.63) is 18.2 Å². The summed E-state index contributed by atoms with van der Waals surface area (Å²) in [7, 11) is 0. The third-order valence-electron chi connectivity index (χ3n) is 10.9. The number of hydrogen-bond donors (Lipinski definition) is 2. The molecule has 0 amide bonds. The smallest absolute Gasteiger partial charge is 0.144 e. The Morgan fingerprint density at radius 2 is 1.94 bits per heavy atom. The minimum atomic E-state index is -0.431. The number of ketones is 1. The van der Waals surface area contributed by atoms with Gasteiger partial charge in [-0.3, -0.25) is 4.79 Å².